The molecule has 6 heteroatoms. The van der Waals surface area contributed by atoms with Gasteiger partial charge in [0.25, 0.3) is 5.91 Å². The lowest BCUT2D eigenvalue weighted by atomic mass is 9.97. The number of rotatable bonds is 3. The lowest BCUT2D eigenvalue weighted by Gasteiger charge is -2.40. The molecule has 1 aliphatic heterocycles. The summed E-state index contributed by atoms with van der Waals surface area (Å²) in [4.78, 5) is 26.7. The van der Waals surface area contributed by atoms with Crippen molar-refractivity contribution in [3.05, 3.63) is 17.0 Å². The number of hydrogen-bond acceptors (Lipinski definition) is 5. The maximum atomic E-state index is 12.6. The van der Waals surface area contributed by atoms with Crippen molar-refractivity contribution < 1.29 is 18.8 Å². The van der Waals surface area contributed by atoms with E-state index in [1.54, 1.807) is 20.8 Å². The van der Waals surface area contributed by atoms with Crippen LogP contribution in [-0.4, -0.2) is 40.1 Å². The Balaban J connectivity index is 2.06. The van der Waals surface area contributed by atoms with E-state index in [-0.39, 0.29) is 18.0 Å². The summed E-state index contributed by atoms with van der Waals surface area (Å²) in [5.74, 6) is -0.295. The number of nitrogens with zero attached hydrogens (tertiary/aromatic N) is 2. The molecule has 122 valence electrons. The van der Waals surface area contributed by atoms with Gasteiger partial charge in [0.05, 0.1) is 5.69 Å². The fourth-order valence-electron chi connectivity index (χ4n) is 3.11. The molecule has 2 heterocycles. The van der Waals surface area contributed by atoms with Crippen LogP contribution in [0.25, 0.3) is 0 Å². The van der Waals surface area contributed by atoms with Gasteiger partial charge in [-0.2, -0.15) is 0 Å². The van der Waals surface area contributed by atoms with Crippen LogP contribution in [0.1, 0.15) is 61.8 Å². The number of aryl methyl sites for hydroxylation is 2. The summed E-state index contributed by atoms with van der Waals surface area (Å²) >= 11 is 0. The Morgan fingerprint density at radius 1 is 1.27 bits per heavy atom. The zero-order chi connectivity index (χ0) is 16.4. The number of ether oxygens (including phenoxy) is 1. The molecule has 1 aliphatic rings. The van der Waals surface area contributed by atoms with Crippen LogP contribution in [-0.2, 0) is 9.53 Å². The van der Waals surface area contributed by atoms with Crippen molar-refractivity contribution in [2.75, 3.05) is 0 Å². The molecule has 0 unspecified atom stereocenters. The van der Waals surface area contributed by atoms with Crippen molar-refractivity contribution in [2.45, 2.75) is 72.1 Å². The van der Waals surface area contributed by atoms with E-state index in [2.05, 4.69) is 5.16 Å². The summed E-state index contributed by atoms with van der Waals surface area (Å²) in [7, 11) is 0. The van der Waals surface area contributed by atoms with Crippen LogP contribution < -0.4 is 0 Å². The Morgan fingerprint density at radius 2 is 1.86 bits per heavy atom. The van der Waals surface area contributed by atoms with Gasteiger partial charge in [0.2, 0.25) is 0 Å². The van der Waals surface area contributed by atoms with Crippen LogP contribution >= 0.6 is 0 Å². The molecule has 3 atom stereocenters. The first-order valence-corrected chi connectivity index (χ1v) is 7.79. The number of esters is 1. The molecule has 0 aromatic carbocycles. The summed E-state index contributed by atoms with van der Waals surface area (Å²) in [5, 5.41) is 3.73. The number of carbonyl (C=O) groups excluding carboxylic acids is 2. The van der Waals surface area contributed by atoms with Crippen LogP contribution in [0.15, 0.2) is 4.52 Å². The lowest BCUT2D eigenvalue weighted by Crippen LogP contribution is -2.51. The number of carbonyl (C=O) groups is 2. The molecule has 0 N–H and O–H groups in total. The molecule has 1 fully saturated rings. The normalized spacial score (nSPS) is 23.2. The second kappa shape index (κ2) is 6.50. The van der Waals surface area contributed by atoms with Gasteiger partial charge in [-0.3, -0.25) is 4.79 Å². The molecule has 22 heavy (non-hydrogen) atoms. The van der Waals surface area contributed by atoms with Crippen LogP contribution in [0.5, 0.6) is 0 Å². The van der Waals surface area contributed by atoms with E-state index in [1.165, 1.54) is 0 Å². The maximum absolute atomic E-state index is 12.6. The predicted octanol–water partition coefficient (Wildman–Crippen LogP) is 2.63. The molecule has 1 saturated heterocycles. The number of piperidine rings is 1. The molecule has 2 rings (SSSR count). The third kappa shape index (κ3) is 3.15. The molecule has 6 nitrogen and oxygen atoms in total. The smallest absolute Gasteiger partial charge is 0.344 e. The van der Waals surface area contributed by atoms with Crippen molar-refractivity contribution in [3.63, 3.8) is 0 Å². The molecule has 0 spiro atoms. The minimum Gasteiger partial charge on any atom is -0.449 e. The molecule has 1 amide bonds. The first-order chi connectivity index (χ1) is 10.3. The number of aromatic nitrogens is 1. The average Bonchev–Trinajstić information content (AvgIpc) is 2.77. The van der Waals surface area contributed by atoms with Gasteiger partial charge in [0, 0.05) is 12.1 Å². The molecular weight excluding hydrogens is 284 g/mol. The number of hydrogen-bond donors (Lipinski definition) is 0. The largest absolute Gasteiger partial charge is 0.449 e. The van der Waals surface area contributed by atoms with Gasteiger partial charge in [0.15, 0.2) is 6.10 Å². The number of likely N-dealkylation sites (tertiary alicyclic amines) is 1. The van der Waals surface area contributed by atoms with Crippen LogP contribution in [0.2, 0.25) is 0 Å². The summed E-state index contributed by atoms with van der Waals surface area (Å²) in [6.07, 6.45) is 2.28. The predicted molar refractivity (Wildman–Crippen MR) is 80.5 cm³/mol. The summed E-state index contributed by atoms with van der Waals surface area (Å²) in [5.41, 5.74) is 0.779. The summed E-state index contributed by atoms with van der Waals surface area (Å²) in [6, 6.07) is 0.355. The highest BCUT2D eigenvalue weighted by Crippen LogP contribution is 2.24. The van der Waals surface area contributed by atoms with E-state index < -0.39 is 12.1 Å². The van der Waals surface area contributed by atoms with E-state index in [4.69, 9.17) is 9.26 Å². The molecule has 0 saturated carbocycles. The standard InChI is InChI=1S/C16H24N2O4/c1-9-7-6-8-10(2)18(9)15(19)13(5)21-16(20)14-11(3)17-22-12(14)4/h9-10,13H,6-8H2,1-5H3/t9-,10+,13-/m0/s1. The first kappa shape index (κ1) is 16.5. The zero-order valence-electron chi connectivity index (χ0n) is 13.9. The Hall–Kier alpha value is -1.85. The molecule has 1 aromatic rings. The molecule has 1 aromatic heterocycles. The van der Waals surface area contributed by atoms with E-state index in [1.807, 2.05) is 18.7 Å². The SMILES string of the molecule is Cc1noc(C)c1C(=O)O[C@@H](C)C(=O)N1[C@H](C)CCC[C@@H]1C. The van der Waals surface area contributed by atoms with Crippen LogP contribution in [0, 0.1) is 13.8 Å². The van der Waals surface area contributed by atoms with Crippen LogP contribution in [0.4, 0.5) is 0 Å². The molecule has 0 aliphatic carbocycles. The van der Waals surface area contributed by atoms with E-state index in [0.29, 0.717) is 17.0 Å². The van der Waals surface area contributed by atoms with Gasteiger partial charge in [-0.25, -0.2) is 4.79 Å². The molecule has 0 radical (unpaired) electrons. The second-order valence-corrected chi connectivity index (χ2v) is 6.12. The summed E-state index contributed by atoms with van der Waals surface area (Å²) < 4.78 is 10.3. The highest BCUT2D eigenvalue weighted by Gasteiger charge is 2.34. The highest BCUT2D eigenvalue weighted by atomic mass is 16.5. The highest BCUT2D eigenvalue weighted by molar-refractivity contribution is 5.93. The van der Waals surface area contributed by atoms with Gasteiger partial charge >= 0.3 is 5.97 Å². The minimum absolute atomic E-state index is 0.139. The summed E-state index contributed by atoms with van der Waals surface area (Å²) in [6.45, 7) is 9.02. The quantitative estimate of drug-likeness (QED) is 0.803. The van der Waals surface area contributed by atoms with Crippen molar-refractivity contribution in [1.29, 1.82) is 0 Å². The van der Waals surface area contributed by atoms with Crippen molar-refractivity contribution in [3.8, 4) is 0 Å². The third-order valence-corrected chi connectivity index (χ3v) is 4.32. The minimum atomic E-state index is -0.816. The van der Waals surface area contributed by atoms with Gasteiger partial charge in [-0.05, 0) is 53.9 Å². The Kier molecular flexibility index (Phi) is 4.88. The monoisotopic (exact) mass is 308 g/mol. The Labute approximate surface area is 130 Å². The third-order valence-electron chi connectivity index (χ3n) is 4.32. The second-order valence-electron chi connectivity index (χ2n) is 6.12. The van der Waals surface area contributed by atoms with Crippen LogP contribution in [0.3, 0.4) is 0 Å². The average molecular weight is 308 g/mol. The van der Waals surface area contributed by atoms with Crippen molar-refractivity contribution >= 4 is 11.9 Å². The molecular formula is C16H24N2O4. The topological polar surface area (TPSA) is 72.6 Å². The Morgan fingerprint density at radius 3 is 2.36 bits per heavy atom. The lowest BCUT2D eigenvalue weighted by molar-refractivity contribution is -0.146. The van der Waals surface area contributed by atoms with E-state index in [9.17, 15) is 9.59 Å². The van der Waals surface area contributed by atoms with Crippen molar-refractivity contribution in [1.82, 2.24) is 10.1 Å². The Bertz CT molecular complexity index is 537. The van der Waals surface area contributed by atoms with Crippen molar-refractivity contribution in [2.24, 2.45) is 0 Å². The van der Waals surface area contributed by atoms with E-state index >= 15 is 0 Å². The molecule has 0 bridgehead atoms. The fraction of sp³-hybridized carbons (Fsp3) is 0.688. The maximum Gasteiger partial charge on any atom is 0.344 e. The van der Waals surface area contributed by atoms with Gasteiger partial charge < -0.3 is 14.2 Å². The zero-order valence-corrected chi connectivity index (χ0v) is 13.9. The first-order valence-electron chi connectivity index (χ1n) is 7.79. The van der Waals surface area contributed by atoms with E-state index in [0.717, 1.165) is 19.3 Å². The number of amides is 1. The van der Waals surface area contributed by atoms with Gasteiger partial charge in [0.1, 0.15) is 11.3 Å². The van der Waals surface area contributed by atoms with Gasteiger partial charge in [-0.15, -0.1) is 0 Å². The van der Waals surface area contributed by atoms with Gasteiger partial charge in [-0.1, -0.05) is 5.16 Å². The fourth-order valence-corrected chi connectivity index (χ4v) is 3.11.